The number of carbonyl (C=O) groups excluding carboxylic acids is 1. The Morgan fingerprint density at radius 1 is 1.21 bits per heavy atom. The molecule has 0 aliphatic carbocycles. The SMILES string of the molecule is O=Cc1c[nH]cc1-c1ccccc1OCCOPI. The molecule has 0 amide bonds. The van der Waals surface area contributed by atoms with E-state index in [0.29, 0.717) is 25.2 Å². The number of carbonyl (C=O) groups is 1. The van der Waals surface area contributed by atoms with E-state index in [1.165, 1.54) is 0 Å². The number of ether oxygens (including phenoxy) is 1. The minimum Gasteiger partial charge on any atom is -0.491 e. The molecule has 0 aliphatic heterocycles. The third-order valence-corrected chi connectivity index (χ3v) is 3.83. The average Bonchev–Trinajstić information content (AvgIpc) is 2.92. The molecule has 1 aromatic heterocycles. The van der Waals surface area contributed by atoms with E-state index in [4.69, 9.17) is 9.26 Å². The van der Waals surface area contributed by atoms with Gasteiger partial charge in [-0.2, -0.15) is 0 Å². The molecule has 0 fully saturated rings. The van der Waals surface area contributed by atoms with Gasteiger partial charge in [0.25, 0.3) is 0 Å². The zero-order chi connectivity index (χ0) is 13.5. The number of hydrogen-bond donors (Lipinski definition) is 1. The Morgan fingerprint density at radius 3 is 2.84 bits per heavy atom. The quantitative estimate of drug-likeness (QED) is 0.339. The molecule has 0 bridgehead atoms. The molecular weight excluding hydrogens is 376 g/mol. The highest BCUT2D eigenvalue weighted by Gasteiger charge is 2.10. The lowest BCUT2D eigenvalue weighted by atomic mass is 10.0. The fourth-order valence-electron chi connectivity index (χ4n) is 1.75. The molecule has 2 rings (SSSR count). The summed E-state index contributed by atoms with van der Waals surface area (Å²) in [7, 11) is 0. The zero-order valence-corrected chi connectivity index (χ0v) is 13.2. The van der Waals surface area contributed by atoms with Crippen LogP contribution in [0.15, 0.2) is 36.7 Å². The largest absolute Gasteiger partial charge is 0.491 e. The summed E-state index contributed by atoms with van der Waals surface area (Å²) in [6, 6.07) is 7.66. The summed E-state index contributed by atoms with van der Waals surface area (Å²) in [5.41, 5.74) is 2.38. The summed E-state index contributed by atoms with van der Waals surface area (Å²) >= 11 is 2.17. The van der Waals surface area contributed by atoms with Crippen molar-refractivity contribution in [3.8, 4) is 16.9 Å². The number of aromatic nitrogens is 1. The van der Waals surface area contributed by atoms with Gasteiger partial charge in [-0.1, -0.05) is 18.2 Å². The summed E-state index contributed by atoms with van der Waals surface area (Å²) in [4.78, 5) is 13.9. The molecule has 1 atom stereocenters. The van der Waals surface area contributed by atoms with E-state index in [1.54, 1.807) is 12.4 Å². The fourth-order valence-corrected chi connectivity index (χ4v) is 2.57. The van der Waals surface area contributed by atoms with Crippen LogP contribution in [0.3, 0.4) is 0 Å². The Labute approximate surface area is 126 Å². The molecule has 19 heavy (non-hydrogen) atoms. The van der Waals surface area contributed by atoms with E-state index in [9.17, 15) is 4.79 Å². The molecule has 0 spiro atoms. The van der Waals surface area contributed by atoms with Crippen LogP contribution in [-0.4, -0.2) is 24.5 Å². The Morgan fingerprint density at radius 2 is 2.05 bits per heavy atom. The number of aldehydes is 1. The van der Waals surface area contributed by atoms with Crippen molar-refractivity contribution in [3.63, 3.8) is 0 Å². The average molecular weight is 389 g/mol. The van der Waals surface area contributed by atoms with Gasteiger partial charge in [-0.15, -0.1) is 0 Å². The van der Waals surface area contributed by atoms with Crippen molar-refractivity contribution in [2.75, 3.05) is 13.2 Å². The maximum absolute atomic E-state index is 11.0. The maximum atomic E-state index is 11.0. The van der Waals surface area contributed by atoms with Gasteiger partial charge in [0.1, 0.15) is 12.4 Å². The van der Waals surface area contributed by atoms with E-state index in [1.807, 2.05) is 24.3 Å². The summed E-state index contributed by atoms with van der Waals surface area (Å²) in [6.07, 6.45) is 4.32. The van der Waals surface area contributed by atoms with Crippen LogP contribution in [0.1, 0.15) is 10.4 Å². The zero-order valence-electron chi connectivity index (χ0n) is 10.1. The summed E-state index contributed by atoms with van der Waals surface area (Å²) in [5, 5.41) is 0. The van der Waals surface area contributed by atoms with Gasteiger partial charge in [-0.25, -0.2) is 0 Å². The van der Waals surface area contributed by atoms with Crippen LogP contribution in [0.2, 0.25) is 0 Å². The van der Waals surface area contributed by atoms with Crippen molar-refractivity contribution in [1.82, 2.24) is 4.98 Å². The number of rotatable bonds is 7. The second kappa shape index (κ2) is 7.62. The standard InChI is InChI=1S/C13H13INO3P/c14-19-18-6-5-17-13-4-2-1-3-11(13)12-8-15-7-10(12)9-16/h1-4,7-9,15,19H,5-6H2. The van der Waals surface area contributed by atoms with Gasteiger partial charge in [0.15, 0.2) is 6.29 Å². The first-order valence-electron chi connectivity index (χ1n) is 5.68. The Bertz CT molecular complexity index is 544. The summed E-state index contributed by atoms with van der Waals surface area (Å²) in [5.74, 6) is 0.755. The monoisotopic (exact) mass is 389 g/mol. The molecular formula is C13H13INO3P. The van der Waals surface area contributed by atoms with E-state index in [0.717, 1.165) is 23.2 Å². The number of nitrogens with one attached hydrogen (secondary N) is 1. The first kappa shape index (κ1) is 14.5. The number of benzene rings is 1. The van der Waals surface area contributed by atoms with E-state index < -0.39 is 0 Å². The lowest BCUT2D eigenvalue weighted by Gasteiger charge is -2.10. The first-order chi connectivity index (χ1) is 9.36. The van der Waals surface area contributed by atoms with E-state index in [2.05, 4.69) is 27.0 Å². The minimum absolute atomic E-state index is 0.437. The number of halogens is 1. The molecule has 1 unspecified atom stereocenters. The molecule has 0 radical (unpaired) electrons. The van der Waals surface area contributed by atoms with Crippen molar-refractivity contribution >= 4 is 34.8 Å². The Kier molecular flexibility index (Phi) is 5.82. The third kappa shape index (κ3) is 3.78. The molecule has 4 nitrogen and oxygen atoms in total. The molecule has 0 saturated carbocycles. The van der Waals surface area contributed by atoms with Gasteiger partial charge in [-0.05, 0) is 28.1 Å². The van der Waals surface area contributed by atoms with Gasteiger partial charge < -0.3 is 14.2 Å². The van der Waals surface area contributed by atoms with E-state index in [-0.39, 0.29) is 0 Å². The smallest absolute Gasteiger partial charge is 0.152 e. The molecule has 0 aliphatic rings. The van der Waals surface area contributed by atoms with Gasteiger partial charge in [0.2, 0.25) is 0 Å². The predicted molar refractivity (Wildman–Crippen MR) is 85.4 cm³/mol. The second-order valence-corrected chi connectivity index (χ2v) is 5.48. The summed E-state index contributed by atoms with van der Waals surface area (Å²) in [6.45, 7) is 1.49. The molecule has 1 aromatic carbocycles. The predicted octanol–water partition coefficient (Wildman–Crippen LogP) is 3.83. The second-order valence-electron chi connectivity index (χ2n) is 3.71. The molecule has 0 saturated heterocycles. The Balaban J connectivity index is 2.19. The van der Waals surface area contributed by atoms with Crippen LogP contribution < -0.4 is 4.74 Å². The lowest BCUT2D eigenvalue weighted by molar-refractivity contribution is 0.112. The van der Waals surface area contributed by atoms with E-state index >= 15 is 0 Å². The van der Waals surface area contributed by atoms with Crippen LogP contribution >= 0.6 is 28.5 Å². The highest BCUT2D eigenvalue weighted by atomic mass is 127. The van der Waals surface area contributed by atoms with Crippen molar-refractivity contribution in [2.24, 2.45) is 0 Å². The van der Waals surface area contributed by atoms with Crippen molar-refractivity contribution in [3.05, 3.63) is 42.2 Å². The summed E-state index contributed by atoms with van der Waals surface area (Å²) < 4.78 is 11.0. The number of H-pyrrole nitrogens is 1. The first-order valence-corrected chi connectivity index (χ1v) is 9.70. The van der Waals surface area contributed by atoms with Gasteiger partial charge in [-0.3, -0.25) is 4.79 Å². The normalized spacial score (nSPS) is 11.0. The third-order valence-electron chi connectivity index (χ3n) is 2.58. The topological polar surface area (TPSA) is 51.3 Å². The van der Waals surface area contributed by atoms with Crippen LogP contribution in [0, 0.1) is 0 Å². The van der Waals surface area contributed by atoms with Gasteiger partial charge in [0.05, 0.1) is 13.1 Å². The van der Waals surface area contributed by atoms with Crippen molar-refractivity contribution < 1.29 is 14.1 Å². The van der Waals surface area contributed by atoms with Crippen molar-refractivity contribution in [2.45, 2.75) is 0 Å². The lowest BCUT2D eigenvalue weighted by Crippen LogP contribution is -2.03. The number of aromatic amines is 1. The molecule has 1 heterocycles. The Hall–Kier alpha value is -0.910. The maximum Gasteiger partial charge on any atom is 0.152 e. The minimum atomic E-state index is 0.437. The highest BCUT2D eigenvalue weighted by molar-refractivity contribution is 14.2. The number of para-hydroxylation sites is 1. The van der Waals surface area contributed by atoms with Gasteiger partial charge in [0, 0.05) is 29.1 Å². The van der Waals surface area contributed by atoms with Crippen molar-refractivity contribution in [1.29, 1.82) is 0 Å². The van der Waals surface area contributed by atoms with Crippen LogP contribution in [-0.2, 0) is 4.52 Å². The number of hydrogen-bond acceptors (Lipinski definition) is 3. The molecule has 6 heteroatoms. The molecule has 1 N–H and O–H groups in total. The molecule has 2 aromatic rings. The fraction of sp³-hybridized carbons (Fsp3) is 0.154. The van der Waals surface area contributed by atoms with Crippen LogP contribution in [0.25, 0.3) is 11.1 Å². The van der Waals surface area contributed by atoms with Crippen LogP contribution in [0.4, 0.5) is 0 Å². The van der Waals surface area contributed by atoms with Crippen LogP contribution in [0.5, 0.6) is 5.75 Å². The molecule has 100 valence electrons. The highest BCUT2D eigenvalue weighted by Crippen LogP contribution is 2.31. The van der Waals surface area contributed by atoms with Gasteiger partial charge >= 0.3 is 0 Å².